The van der Waals surface area contributed by atoms with Gasteiger partial charge < -0.3 is 9.64 Å². The highest BCUT2D eigenvalue weighted by Gasteiger charge is 2.60. The maximum absolute atomic E-state index is 13.5. The molecule has 3 aliphatic heterocycles. The van der Waals surface area contributed by atoms with Gasteiger partial charge in [-0.1, -0.05) is 6.07 Å². The number of benzene rings is 1. The van der Waals surface area contributed by atoms with Gasteiger partial charge in [0.15, 0.2) is 0 Å². The van der Waals surface area contributed by atoms with E-state index in [1.807, 2.05) is 11.9 Å². The minimum absolute atomic E-state index is 0.0196. The van der Waals surface area contributed by atoms with Crippen LogP contribution >= 0.6 is 0 Å². The second-order valence-electron chi connectivity index (χ2n) is 8.33. The molecule has 3 heterocycles. The Morgan fingerprint density at radius 2 is 1.97 bits per heavy atom. The third-order valence-electron chi connectivity index (χ3n) is 7.04. The Morgan fingerprint density at radius 3 is 2.62 bits per heavy atom. The molecule has 0 saturated carbocycles. The summed E-state index contributed by atoms with van der Waals surface area (Å²) >= 11 is 0. The molecular formula is C20H28FN3O4S. The van der Waals surface area contributed by atoms with E-state index in [2.05, 4.69) is 4.90 Å². The van der Waals surface area contributed by atoms with Crippen molar-refractivity contribution in [3.05, 3.63) is 30.1 Å². The van der Waals surface area contributed by atoms with Gasteiger partial charge in [-0.15, -0.1) is 0 Å². The van der Waals surface area contributed by atoms with Crippen LogP contribution in [0.1, 0.15) is 12.8 Å². The second kappa shape index (κ2) is 7.61. The van der Waals surface area contributed by atoms with Crippen molar-refractivity contribution >= 4 is 15.9 Å². The number of halogens is 1. The quantitative estimate of drug-likeness (QED) is 0.705. The van der Waals surface area contributed by atoms with Crippen LogP contribution in [0.3, 0.4) is 0 Å². The lowest BCUT2D eigenvalue weighted by Gasteiger charge is -2.46. The van der Waals surface area contributed by atoms with Crippen molar-refractivity contribution in [3.8, 4) is 0 Å². The van der Waals surface area contributed by atoms with E-state index in [1.54, 1.807) is 7.11 Å². The van der Waals surface area contributed by atoms with Crippen LogP contribution < -0.4 is 0 Å². The predicted octanol–water partition coefficient (Wildman–Crippen LogP) is 1.02. The molecule has 3 fully saturated rings. The summed E-state index contributed by atoms with van der Waals surface area (Å²) in [6.07, 6.45) is 1.20. The molecule has 3 saturated heterocycles. The molecule has 0 bridgehead atoms. The van der Waals surface area contributed by atoms with Crippen molar-refractivity contribution in [2.75, 3.05) is 53.5 Å². The fraction of sp³-hybridized carbons (Fsp3) is 0.650. The highest BCUT2D eigenvalue weighted by atomic mass is 32.2. The molecule has 2 atom stereocenters. The van der Waals surface area contributed by atoms with Crippen LogP contribution in [0.25, 0.3) is 0 Å². The van der Waals surface area contributed by atoms with Crippen LogP contribution in [-0.2, 0) is 19.6 Å². The molecule has 0 aromatic heterocycles. The minimum atomic E-state index is -3.74. The Morgan fingerprint density at radius 1 is 1.24 bits per heavy atom. The molecule has 3 aliphatic rings. The Bertz CT molecular complexity index is 885. The minimum Gasteiger partial charge on any atom is -0.383 e. The van der Waals surface area contributed by atoms with Crippen molar-refractivity contribution in [1.82, 2.24) is 14.1 Å². The first-order valence-electron chi connectivity index (χ1n) is 10.0. The third-order valence-corrected chi connectivity index (χ3v) is 8.93. The molecule has 1 aromatic rings. The van der Waals surface area contributed by atoms with Gasteiger partial charge in [0.25, 0.3) is 0 Å². The molecule has 0 radical (unpaired) electrons. The normalized spacial score (nSPS) is 27.7. The van der Waals surface area contributed by atoms with E-state index in [9.17, 15) is 17.6 Å². The van der Waals surface area contributed by atoms with Crippen LogP contribution in [0.2, 0.25) is 0 Å². The van der Waals surface area contributed by atoms with Gasteiger partial charge >= 0.3 is 0 Å². The fourth-order valence-electron chi connectivity index (χ4n) is 5.40. The number of likely N-dealkylation sites (tertiary alicyclic amines) is 2. The van der Waals surface area contributed by atoms with E-state index in [-0.39, 0.29) is 28.2 Å². The molecule has 9 heteroatoms. The smallest absolute Gasteiger partial charge is 0.243 e. The van der Waals surface area contributed by atoms with Gasteiger partial charge in [0.2, 0.25) is 15.9 Å². The largest absolute Gasteiger partial charge is 0.383 e. The third kappa shape index (κ3) is 3.37. The Labute approximate surface area is 171 Å². The Kier molecular flexibility index (Phi) is 5.43. The second-order valence-corrected chi connectivity index (χ2v) is 10.3. The molecule has 0 N–H and O–H groups in total. The molecule has 1 aromatic carbocycles. The monoisotopic (exact) mass is 425 g/mol. The first-order valence-corrected chi connectivity index (χ1v) is 11.5. The lowest BCUT2D eigenvalue weighted by molar-refractivity contribution is -0.133. The summed E-state index contributed by atoms with van der Waals surface area (Å²) in [7, 11) is -0.213. The summed E-state index contributed by atoms with van der Waals surface area (Å²) in [5.74, 6) is -0.221. The molecule has 7 nitrogen and oxygen atoms in total. The zero-order valence-electron chi connectivity index (χ0n) is 16.9. The summed E-state index contributed by atoms with van der Waals surface area (Å²) < 4.78 is 46.0. The standard InChI is InChI=1S/C20H28FN3O4S/c1-22-19(25)17-13-23(10-11-28-2)14-18(17)20(22)6-8-24(9-7-20)29(26,27)16-5-3-4-15(21)12-16/h3-5,12,17-18H,6-11,13-14H2,1-2H3/t17-,18+/m1/s1. The van der Waals surface area contributed by atoms with E-state index >= 15 is 0 Å². The topological polar surface area (TPSA) is 70.2 Å². The van der Waals surface area contributed by atoms with Gasteiger partial charge in [-0.05, 0) is 31.0 Å². The van der Waals surface area contributed by atoms with Gasteiger partial charge in [0.05, 0.1) is 17.4 Å². The number of hydrogen-bond donors (Lipinski definition) is 0. The van der Waals surface area contributed by atoms with E-state index in [0.717, 1.165) is 25.7 Å². The predicted molar refractivity (Wildman–Crippen MR) is 105 cm³/mol. The van der Waals surface area contributed by atoms with Crippen molar-refractivity contribution < 1.29 is 22.3 Å². The van der Waals surface area contributed by atoms with E-state index in [4.69, 9.17) is 4.74 Å². The summed E-state index contributed by atoms with van der Waals surface area (Å²) in [4.78, 5) is 17.0. The van der Waals surface area contributed by atoms with Crippen LogP contribution in [0.4, 0.5) is 4.39 Å². The number of nitrogens with zero attached hydrogens (tertiary/aromatic N) is 3. The van der Waals surface area contributed by atoms with Gasteiger partial charge in [0, 0.05) is 58.3 Å². The van der Waals surface area contributed by atoms with Crippen molar-refractivity contribution in [1.29, 1.82) is 0 Å². The molecule has 1 spiro atoms. The molecule has 29 heavy (non-hydrogen) atoms. The zero-order valence-corrected chi connectivity index (χ0v) is 17.7. The lowest BCUT2D eigenvalue weighted by atomic mass is 9.75. The molecule has 0 aliphatic carbocycles. The first kappa shape index (κ1) is 20.7. The average Bonchev–Trinajstić information content (AvgIpc) is 3.22. The van der Waals surface area contributed by atoms with Crippen LogP contribution in [0.15, 0.2) is 29.2 Å². The average molecular weight is 426 g/mol. The number of hydrogen-bond acceptors (Lipinski definition) is 5. The number of piperidine rings is 1. The number of methoxy groups -OCH3 is 1. The maximum Gasteiger partial charge on any atom is 0.243 e. The van der Waals surface area contributed by atoms with Gasteiger partial charge in [0.1, 0.15) is 5.82 Å². The van der Waals surface area contributed by atoms with Crippen LogP contribution in [0, 0.1) is 17.7 Å². The Hall–Kier alpha value is -1.55. The van der Waals surface area contributed by atoms with E-state index in [0.29, 0.717) is 32.5 Å². The first-order chi connectivity index (χ1) is 13.8. The van der Waals surface area contributed by atoms with Crippen LogP contribution in [0.5, 0.6) is 0 Å². The summed E-state index contributed by atoms with van der Waals surface area (Å²) in [6.45, 7) is 3.67. The molecule has 1 amide bonds. The SMILES string of the molecule is COCCN1C[C@H]2C(=O)N(C)C3(CCN(S(=O)(=O)c4cccc(F)c4)CC3)[C@H]2C1. The highest BCUT2D eigenvalue weighted by Crippen LogP contribution is 2.49. The summed E-state index contributed by atoms with van der Waals surface area (Å²) in [6, 6.07) is 5.13. The van der Waals surface area contributed by atoms with Crippen molar-refractivity contribution in [2.45, 2.75) is 23.3 Å². The summed E-state index contributed by atoms with van der Waals surface area (Å²) in [5.41, 5.74) is -0.308. The molecular weight excluding hydrogens is 397 g/mol. The van der Waals surface area contributed by atoms with Gasteiger partial charge in [-0.3, -0.25) is 9.69 Å². The van der Waals surface area contributed by atoms with Gasteiger partial charge in [-0.2, -0.15) is 4.31 Å². The summed E-state index contributed by atoms with van der Waals surface area (Å²) in [5, 5.41) is 0. The molecule has 160 valence electrons. The fourth-order valence-corrected chi connectivity index (χ4v) is 6.87. The van der Waals surface area contributed by atoms with Crippen molar-refractivity contribution in [3.63, 3.8) is 0 Å². The number of rotatable bonds is 5. The molecule has 0 unspecified atom stereocenters. The van der Waals surface area contributed by atoms with Gasteiger partial charge in [-0.25, -0.2) is 12.8 Å². The number of amides is 1. The lowest BCUT2D eigenvalue weighted by Crippen LogP contribution is -2.56. The van der Waals surface area contributed by atoms with Crippen molar-refractivity contribution in [2.24, 2.45) is 11.8 Å². The maximum atomic E-state index is 13.5. The molecule has 4 rings (SSSR count). The Balaban J connectivity index is 1.51. The number of ether oxygens (including phenoxy) is 1. The zero-order chi connectivity index (χ0) is 20.8. The highest BCUT2D eigenvalue weighted by molar-refractivity contribution is 7.89. The number of fused-ring (bicyclic) bond motifs is 2. The van der Waals surface area contributed by atoms with E-state index in [1.165, 1.54) is 22.5 Å². The van der Waals surface area contributed by atoms with Crippen LogP contribution in [-0.4, -0.2) is 87.5 Å². The number of carbonyl (C=O) groups is 1. The number of carbonyl (C=O) groups excluding carboxylic acids is 1. The number of sulfonamides is 1. The van der Waals surface area contributed by atoms with E-state index < -0.39 is 15.8 Å².